The molecule has 1 aromatic heterocycles. The van der Waals surface area contributed by atoms with Crippen LogP contribution in [0.1, 0.15) is 59.1 Å². The van der Waals surface area contributed by atoms with E-state index in [2.05, 4.69) is 42.0 Å². The number of thiophene rings is 1. The van der Waals surface area contributed by atoms with Gasteiger partial charge in [0.2, 0.25) is 0 Å². The third-order valence-electron chi connectivity index (χ3n) is 7.64. The van der Waals surface area contributed by atoms with Crippen molar-refractivity contribution in [2.75, 3.05) is 12.4 Å². The van der Waals surface area contributed by atoms with E-state index in [0.717, 1.165) is 40.4 Å². The molecule has 0 aliphatic heterocycles. The third-order valence-corrected chi connectivity index (χ3v) is 9.74. The second-order valence-electron chi connectivity index (χ2n) is 11.5. The highest BCUT2D eigenvalue weighted by Gasteiger charge is 2.33. The lowest BCUT2D eigenvalue weighted by molar-refractivity contribution is 0.102. The first-order valence-corrected chi connectivity index (χ1v) is 15.9. The summed E-state index contributed by atoms with van der Waals surface area (Å²) in [6.45, 7) is 7.31. The van der Waals surface area contributed by atoms with Gasteiger partial charge in [-0.2, -0.15) is 0 Å². The molecular formula is C34H34BrClN2O3S. The van der Waals surface area contributed by atoms with Crippen LogP contribution < -0.4 is 14.8 Å². The van der Waals surface area contributed by atoms with Crippen molar-refractivity contribution in [1.29, 1.82) is 0 Å². The molecule has 1 amide bonds. The van der Waals surface area contributed by atoms with Crippen molar-refractivity contribution in [2.24, 2.45) is 16.3 Å². The van der Waals surface area contributed by atoms with Crippen molar-refractivity contribution in [3.63, 3.8) is 0 Å². The summed E-state index contributed by atoms with van der Waals surface area (Å²) in [5, 5.41) is 4.38. The highest BCUT2D eigenvalue weighted by atomic mass is 79.9. The van der Waals surface area contributed by atoms with E-state index in [1.54, 1.807) is 36.8 Å². The van der Waals surface area contributed by atoms with Gasteiger partial charge in [0.1, 0.15) is 11.6 Å². The number of carbonyl (C=O) groups is 1. The average Bonchev–Trinajstić information content (AvgIpc) is 3.34. The van der Waals surface area contributed by atoms with Crippen LogP contribution in [0.4, 0.5) is 10.7 Å². The first kappa shape index (κ1) is 30.3. The van der Waals surface area contributed by atoms with Crippen molar-refractivity contribution in [3.8, 4) is 11.5 Å². The summed E-state index contributed by atoms with van der Waals surface area (Å²) >= 11 is 11.4. The van der Waals surface area contributed by atoms with Crippen molar-refractivity contribution < 1.29 is 14.3 Å². The number of halogens is 2. The monoisotopic (exact) mass is 664 g/mol. The number of amides is 1. The van der Waals surface area contributed by atoms with Gasteiger partial charge in [0.05, 0.1) is 12.7 Å². The Hall–Kier alpha value is -3.13. The summed E-state index contributed by atoms with van der Waals surface area (Å²) in [6, 6.07) is 20.9. The zero-order chi connectivity index (χ0) is 29.9. The van der Waals surface area contributed by atoms with Crippen LogP contribution in [-0.2, 0) is 19.4 Å². The summed E-state index contributed by atoms with van der Waals surface area (Å²) in [4.78, 5) is 19.8. The number of nitrogens with zero attached hydrogens (tertiary/aromatic N) is 1. The maximum Gasteiger partial charge on any atom is 0.259 e. The van der Waals surface area contributed by atoms with Crippen molar-refractivity contribution in [1.82, 2.24) is 0 Å². The number of benzene rings is 3. The number of methoxy groups -OCH3 is 1. The Labute approximate surface area is 265 Å². The second kappa shape index (κ2) is 13.0. The molecule has 0 unspecified atom stereocenters. The molecule has 42 heavy (non-hydrogen) atoms. The first-order valence-electron chi connectivity index (χ1n) is 13.9. The number of carbonyl (C=O) groups excluding carboxylic acids is 1. The maximum atomic E-state index is 13.7. The third kappa shape index (κ3) is 7.08. The minimum atomic E-state index is -0.155. The molecule has 0 fully saturated rings. The fourth-order valence-electron chi connectivity index (χ4n) is 5.15. The molecule has 0 saturated heterocycles. The number of hydrogen-bond donors (Lipinski definition) is 1. The first-order chi connectivity index (χ1) is 20.1. The molecule has 3 aromatic carbocycles. The zero-order valence-electron chi connectivity index (χ0n) is 24.2. The van der Waals surface area contributed by atoms with Crippen LogP contribution in [0.25, 0.3) is 0 Å². The fraction of sp³-hybridized carbons (Fsp3) is 0.294. The Kier molecular flexibility index (Phi) is 9.41. The molecular weight excluding hydrogens is 632 g/mol. The predicted molar refractivity (Wildman–Crippen MR) is 177 cm³/mol. The van der Waals surface area contributed by atoms with E-state index in [1.165, 1.54) is 4.88 Å². The number of fused-ring (bicyclic) bond motifs is 1. The van der Waals surface area contributed by atoms with Crippen molar-refractivity contribution in [2.45, 2.75) is 46.6 Å². The number of hydrogen-bond acceptors (Lipinski definition) is 5. The molecule has 5 nitrogen and oxygen atoms in total. The number of rotatable bonds is 8. The van der Waals surface area contributed by atoms with Gasteiger partial charge in [0.25, 0.3) is 5.91 Å². The molecule has 1 heterocycles. The fourth-order valence-corrected chi connectivity index (χ4v) is 6.97. The molecule has 0 bridgehead atoms. The number of anilines is 1. The summed E-state index contributed by atoms with van der Waals surface area (Å²) < 4.78 is 12.5. The average molecular weight is 666 g/mol. The van der Waals surface area contributed by atoms with Crippen LogP contribution >= 0.6 is 38.9 Å². The molecule has 4 aromatic rings. The second-order valence-corrected chi connectivity index (χ2v) is 13.9. The molecule has 5 rings (SSSR count). The number of nitrogens with one attached hydrogen (secondary N) is 1. The van der Waals surface area contributed by atoms with Gasteiger partial charge in [-0.1, -0.05) is 62.7 Å². The molecule has 1 atom stereocenters. The zero-order valence-corrected chi connectivity index (χ0v) is 27.3. The molecule has 1 N–H and O–H groups in total. The molecule has 1 aliphatic rings. The van der Waals surface area contributed by atoms with E-state index in [9.17, 15) is 4.79 Å². The quantitative estimate of drug-likeness (QED) is 0.191. The lowest BCUT2D eigenvalue weighted by Gasteiger charge is -2.33. The van der Waals surface area contributed by atoms with E-state index in [4.69, 9.17) is 26.1 Å². The van der Waals surface area contributed by atoms with Crippen LogP contribution in [0.2, 0.25) is 5.02 Å². The van der Waals surface area contributed by atoms with E-state index >= 15 is 0 Å². The van der Waals surface area contributed by atoms with Crippen LogP contribution in [0.5, 0.6) is 11.5 Å². The standard InChI is InChI=1S/C34H34BrClN2O3S/c1-34(2,3)23-10-15-26-30(17-23)42-33(31(26)32(39)38-25-13-11-24(36)12-14-25)37-19-22-16-28(40-4)29(18-27(22)35)41-20-21-8-6-5-7-9-21/h5-9,11-14,16,18-19,23H,10,15,17,20H2,1-4H3,(H,38,39)/t23-/m1/s1. The molecule has 218 valence electrons. The molecule has 0 radical (unpaired) electrons. The van der Waals surface area contributed by atoms with Crippen LogP contribution in [0.3, 0.4) is 0 Å². The largest absolute Gasteiger partial charge is 0.493 e. The van der Waals surface area contributed by atoms with Gasteiger partial charge in [-0.05, 0) is 94.1 Å². The number of ether oxygens (including phenoxy) is 2. The predicted octanol–water partition coefficient (Wildman–Crippen LogP) is 9.91. The molecule has 8 heteroatoms. The van der Waals surface area contributed by atoms with Crippen molar-refractivity contribution in [3.05, 3.63) is 103 Å². The van der Waals surface area contributed by atoms with Crippen LogP contribution in [0.15, 0.2) is 76.2 Å². The smallest absolute Gasteiger partial charge is 0.259 e. The Morgan fingerprint density at radius 3 is 2.55 bits per heavy atom. The number of aliphatic imine (C=N–C) groups is 1. The molecule has 1 aliphatic carbocycles. The van der Waals surface area contributed by atoms with Gasteiger partial charge in [-0.25, -0.2) is 4.99 Å². The molecule has 0 spiro atoms. The lowest BCUT2D eigenvalue weighted by atomic mass is 9.72. The maximum absolute atomic E-state index is 13.7. The Morgan fingerprint density at radius 2 is 1.86 bits per heavy atom. The SMILES string of the molecule is COc1cc(C=Nc2sc3c(c2C(=O)Nc2ccc(Cl)cc2)CC[C@@H](C(C)(C)C)C3)c(Br)cc1OCc1ccccc1. The highest BCUT2D eigenvalue weighted by molar-refractivity contribution is 9.10. The van der Waals surface area contributed by atoms with Gasteiger partial charge < -0.3 is 14.8 Å². The van der Waals surface area contributed by atoms with E-state index in [0.29, 0.717) is 45.3 Å². The van der Waals surface area contributed by atoms with E-state index in [-0.39, 0.29) is 11.3 Å². The van der Waals surface area contributed by atoms with Crippen molar-refractivity contribution >= 4 is 61.7 Å². The Bertz CT molecular complexity index is 1590. The lowest BCUT2D eigenvalue weighted by Crippen LogP contribution is -2.27. The summed E-state index contributed by atoms with van der Waals surface area (Å²) in [5.41, 5.74) is 4.55. The van der Waals surface area contributed by atoms with Gasteiger partial charge >= 0.3 is 0 Å². The topological polar surface area (TPSA) is 59.9 Å². The van der Waals surface area contributed by atoms with Gasteiger partial charge in [0, 0.05) is 31.8 Å². The van der Waals surface area contributed by atoms with E-state index < -0.39 is 0 Å². The summed E-state index contributed by atoms with van der Waals surface area (Å²) in [7, 11) is 1.62. The van der Waals surface area contributed by atoms with E-state index in [1.807, 2.05) is 54.6 Å². The normalized spacial score (nSPS) is 15.0. The van der Waals surface area contributed by atoms with Gasteiger partial charge in [-0.3, -0.25) is 4.79 Å². The molecule has 0 saturated carbocycles. The minimum Gasteiger partial charge on any atom is -0.493 e. The minimum absolute atomic E-state index is 0.155. The van der Waals surface area contributed by atoms with Crippen LogP contribution in [-0.4, -0.2) is 19.2 Å². The Balaban J connectivity index is 1.45. The highest BCUT2D eigenvalue weighted by Crippen LogP contribution is 2.45. The Morgan fingerprint density at radius 1 is 1.12 bits per heavy atom. The van der Waals surface area contributed by atoms with Gasteiger partial charge in [-0.15, -0.1) is 11.3 Å². The van der Waals surface area contributed by atoms with Crippen LogP contribution in [0, 0.1) is 11.3 Å². The summed E-state index contributed by atoms with van der Waals surface area (Å²) in [6.07, 6.45) is 4.64. The van der Waals surface area contributed by atoms with Gasteiger partial charge in [0.15, 0.2) is 11.5 Å². The summed E-state index contributed by atoms with van der Waals surface area (Å²) in [5.74, 6) is 1.63.